The number of hydrogen-bond donors (Lipinski definition) is 0. The van der Waals surface area contributed by atoms with Crippen molar-refractivity contribution < 1.29 is 14.3 Å². The van der Waals surface area contributed by atoms with Crippen LogP contribution in [0.1, 0.15) is 66.8 Å². The van der Waals surface area contributed by atoms with Crippen LogP contribution in [0.4, 0.5) is 0 Å². The number of Topliss-reactive ketones (excluding diaryl/α,β-unsaturated/α-hetero) is 1. The fourth-order valence-electron chi connectivity index (χ4n) is 4.03. The number of hydrogen-bond acceptors (Lipinski definition) is 3. The molecule has 3 rings (SSSR count). The van der Waals surface area contributed by atoms with Gasteiger partial charge in [-0.25, -0.2) is 0 Å². The molecule has 0 N–H and O–H groups in total. The Kier molecular flexibility index (Phi) is 6.02. The Morgan fingerprint density at radius 1 is 1.08 bits per heavy atom. The summed E-state index contributed by atoms with van der Waals surface area (Å²) in [6, 6.07) is 10.0. The maximum atomic E-state index is 12.8. The number of aryl methyl sites for hydroxylation is 1. The number of benzene rings is 1. The van der Waals surface area contributed by atoms with Gasteiger partial charge >= 0.3 is 0 Å². The van der Waals surface area contributed by atoms with Gasteiger partial charge in [-0.05, 0) is 51.8 Å². The van der Waals surface area contributed by atoms with E-state index in [-0.39, 0.29) is 12.4 Å². The van der Waals surface area contributed by atoms with Crippen LogP contribution in [-0.4, -0.2) is 23.6 Å². The van der Waals surface area contributed by atoms with E-state index < -0.39 is 0 Å². The Bertz CT molecular complexity index is 757. The summed E-state index contributed by atoms with van der Waals surface area (Å²) in [5.41, 5.74) is 3.02. The van der Waals surface area contributed by atoms with E-state index in [0.717, 1.165) is 11.3 Å². The summed E-state index contributed by atoms with van der Waals surface area (Å²) >= 11 is 0. The molecule has 2 aromatic rings. The fraction of sp³-hybridized carbons (Fsp3) is 0.500. The molecule has 1 heterocycles. The Morgan fingerprint density at radius 3 is 2.38 bits per heavy atom. The molecule has 0 saturated heterocycles. The number of nitrogens with zero attached hydrogens (tertiary/aromatic N) is 1. The molecular weight excluding hydrogens is 326 g/mol. The molecular formula is C22H29NO3. The predicted molar refractivity (Wildman–Crippen MR) is 103 cm³/mol. The van der Waals surface area contributed by atoms with E-state index in [1.165, 1.54) is 37.8 Å². The fourth-order valence-corrected chi connectivity index (χ4v) is 4.03. The van der Waals surface area contributed by atoms with Gasteiger partial charge in [0.1, 0.15) is 0 Å². The van der Waals surface area contributed by atoms with Crippen molar-refractivity contribution in [2.45, 2.75) is 58.9 Å². The van der Waals surface area contributed by atoms with Crippen LogP contribution in [0.15, 0.2) is 30.3 Å². The summed E-state index contributed by atoms with van der Waals surface area (Å²) < 4.78 is 13.7. The maximum Gasteiger partial charge on any atom is 0.202 e. The van der Waals surface area contributed by atoms with Crippen LogP contribution in [0.2, 0.25) is 0 Å². The summed E-state index contributed by atoms with van der Waals surface area (Å²) in [4.78, 5) is 12.8. The lowest BCUT2D eigenvalue weighted by Crippen LogP contribution is -2.17. The van der Waals surface area contributed by atoms with Gasteiger partial charge < -0.3 is 14.0 Å². The first-order chi connectivity index (χ1) is 12.6. The molecule has 1 saturated carbocycles. The van der Waals surface area contributed by atoms with E-state index in [0.29, 0.717) is 24.1 Å². The van der Waals surface area contributed by atoms with Crippen molar-refractivity contribution in [1.82, 2.24) is 4.57 Å². The Labute approximate surface area is 156 Å². The van der Waals surface area contributed by atoms with Crippen molar-refractivity contribution in [2.24, 2.45) is 0 Å². The molecule has 0 radical (unpaired) electrons. The third-order valence-corrected chi connectivity index (χ3v) is 5.23. The number of aromatic nitrogens is 1. The van der Waals surface area contributed by atoms with Crippen molar-refractivity contribution in [2.75, 3.05) is 13.2 Å². The second-order valence-electron chi connectivity index (χ2n) is 7.04. The van der Waals surface area contributed by atoms with Crippen molar-refractivity contribution in [3.63, 3.8) is 0 Å². The van der Waals surface area contributed by atoms with Gasteiger partial charge in [0, 0.05) is 23.0 Å². The first kappa shape index (κ1) is 18.6. The second kappa shape index (κ2) is 8.43. The zero-order chi connectivity index (χ0) is 18.5. The maximum absolute atomic E-state index is 12.8. The van der Waals surface area contributed by atoms with E-state index in [4.69, 9.17) is 9.47 Å². The van der Waals surface area contributed by atoms with Gasteiger partial charge in [-0.1, -0.05) is 31.4 Å². The topological polar surface area (TPSA) is 40.5 Å². The molecule has 1 aliphatic carbocycles. The number of ketones is 1. The SMILES string of the molecule is CCOc1ccccc1OCC(=O)c1cc(C)n(C2CCCCC2)c1C. The summed E-state index contributed by atoms with van der Waals surface area (Å²) in [6.07, 6.45) is 6.31. The predicted octanol–water partition coefficient (Wildman–Crippen LogP) is 5.27. The highest BCUT2D eigenvalue weighted by atomic mass is 16.5. The molecule has 4 heteroatoms. The number of rotatable bonds is 7. The van der Waals surface area contributed by atoms with Gasteiger partial charge in [-0.3, -0.25) is 4.79 Å². The molecule has 0 unspecified atom stereocenters. The smallest absolute Gasteiger partial charge is 0.202 e. The van der Waals surface area contributed by atoms with Crippen LogP contribution in [0.3, 0.4) is 0 Å². The highest BCUT2D eigenvalue weighted by molar-refractivity contribution is 5.98. The minimum atomic E-state index is 0.0199. The summed E-state index contributed by atoms with van der Waals surface area (Å²) in [7, 11) is 0. The third-order valence-electron chi connectivity index (χ3n) is 5.23. The number of ether oxygens (including phenoxy) is 2. The standard InChI is InChI=1S/C22H29NO3/c1-4-25-21-12-8-9-13-22(21)26-15-20(24)19-14-16(2)23(17(19)3)18-10-6-5-7-11-18/h8-9,12-14,18H,4-7,10-11,15H2,1-3H3. The number of carbonyl (C=O) groups excluding carboxylic acids is 1. The van der Waals surface area contributed by atoms with Crippen LogP contribution in [0.5, 0.6) is 11.5 Å². The quantitative estimate of drug-likeness (QED) is 0.635. The average Bonchev–Trinajstić information content (AvgIpc) is 2.96. The first-order valence-electron chi connectivity index (χ1n) is 9.68. The first-order valence-corrected chi connectivity index (χ1v) is 9.68. The lowest BCUT2D eigenvalue weighted by Gasteiger charge is -2.26. The zero-order valence-electron chi connectivity index (χ0n) is 16.1. The molecule has 1 aliphatic rings. The number of carbonyl (C=O) groups is 1. The molecule has 1 aromatic carbocycles. The van der Waals surface area contributed by atoms with Gasteiger partial charge in [0.05, 0.1) is 6.61 Å². The lowest BCUT2D eigenvalue weighted by molar-refractivity contribution is 0.0918. The van der Waals surface area contributed by atoms with Gasteiger partial charge in [-0.15, -0.1) is 0 Å². The van der Waals surface area contributed by atoms with Gasteiger partial charge in [0.2, 0.25) is 5.78 Å². The van der Waals surface area contributed by atoms with Crippen LogP contribution < -0.4 is 9.47 Å². The van der Waals surface area contributed by atoms with Crippen molar-refractivity contribution in [3.05, 3.63) is 47.3 Å². The molecule has 1 aromatic heterocycles. The monoisotopic (exact) mass is 355 g/mol. The molecule has 0 amide bonds. The molecule has 4 nitrogen and oxygen atoms in total. The van der Waals surface area contributed by atoms with Crippen molar-refractivity contribution in [1.29, 1.82) is 0 Å². The summed E-state index contributed by atoms with van der Waals surface area (Å²) in [6.45, 7) is 6.69. The van der Waals surface area contributed by atoms with E-state index in [9.17, 15) is 4.79 Å². The molecule has 26 heavy (non-hydrogen) atoms. The van der Waals surface area contributed by atoms with Crippen molar-refractivity contribution >= 4 is 5.78 Å². The lowest BCUT2D eigenvalue weighted by atomic mass is 9.95. The van der Waals surface area contributed by atoms with E-state index >= 15 is 0 Å². The minimum absolute atomic E-state index is 0.0199. The summed E-state index contributed by atoms with van der Waals surface area (Å²) in [5, 5.41) is 0. The van der Waals surface area contributed by atoms with E-state index in [1.807, 2.05) is 37.3 Å². The molecule has 0 aliphatic heterocycles. The zero-order valence-corrected chi connectivity index (χ0v) is 16.1. The van der Waals surface area contributed by atoms with Crippen LogP contribution in [0.25, 0.3) is 0 Å². The van der Waals surface area contributed by atoms with E-state index in [1.54, 1.807) is 0 Å². The highest BCUT2D eigenvalue weighted by Crippen LogP contribution is 2.32. The van der Waals surface area contributed by atoms with E-state index in [2.05, 4.69) is 18.4 Å². The normalized spacial score (nSPS) is 15.0. The van der Waals surface area contributed by atoms with Crippen LogP contribution in [0, 0.1) is 13.8 Å². The van der Waals surface area contributed by atoms with Crippen LogP contribution >= 0.6 is 0 Å². The summed E-state index contributed by atoms with van der Waals surface area (Å²) in [5.74, 6) is 1.31. The van der Waals surface area contributed by atoms with Crippen LogP contribution in [-0.2, 0) is 0 Å². The van der Waals surface area contributed by atoms with Gasteiger partial charge in [0.25, 0.3) is 0 Å². The molecule has 0 atom stereocenters. The molecule has 1 fully saturated rings. The minimum Gasteiger partial charge on any atom is -0.490 e. The molecule has 140 valence electrons. The Balaban J connectivity index is 1.72. The number of para-hydroxylation sites is 2. The highest BCUT2D eigenvalue weighted by Gasteiger charge is 2.23. The third kappa shape index (κ3) is 3.95. The Morgan fingerprint density at radius 2 is 1.73 bits per heavy atom. The molecule has 0 bridgehead atoms. The average molecular weight is 355 g/mol. The van der Waals surface area contributed by atoms with Gasteiger partial charge in [-0.2, -0.15) is 0 Å². The second-order valence-corrected chi connectivity index (χ2v) is 7.04. The van der Waals surface area contributed by atoms with Crippen molar-refractivity contribution in [3.8, 4) is 11.5 Å². The van der Waals surface area contributed by atoms with Gasteiger partial charge in [0.15, 0.2) is 18.1 Å². The molecule has 0 spiro atoms. The Hall–Kier alpha value is -2.23. The largest absolute Gasteiger partial charge is 0.490 e.